The van der Waals surface area contributed by atoms with Crippen LogP contribution in [-0.2, 0) is 0 Å². The fraction of sp³-hybridized carbons (Fsp3) is 0.625. The van der Waals surface area contributed by atoms with Crippen LogP contribution in [0.2, 0.25) is 0 Å². The SMILES string of the molecule is CN1CCN(C[C@@]2(O)CCN(C(=O)c3ccncc3)C2)CC1. The predicted molar refractivity (Wildman–Crippen MR) is 83.6 cm³/mol. The topological polar surface area (TPSA) is 59.9 Å². The van der Waals surface area contributed by atoms with Crippen molar-refractivity contribution in [1.29, 1.82) is 0 Å². The highest BCUT2D eigenvalue weighted by atomic mass is 16.3. The minimum Gasteiger partial charge on any atom is -0.387 e. The highest BCUT2D eigenvalue weighted by molar-refractivity contribution is 5.94. The van der Waals surface area contributed by atoms with Gasteiger partial charge in [-0.15, -0.1) is 0 Å². The van der Waals surface area contributed by atoms with Crippen molar-refractivity contribution in [1.82, 2.24) is 19.7 Å². The van der Waals surface area contributed by atoms with E-state index in [1.54, 1.807) is 29.4 Å². The molecule has 3 heterocycles. The average molecular weight is 304 g/mol. The number of aliphatic hydroxyl groups is 1. The molecule has 1 aromatic rings. The zero-order chi connectivity index (χ0) is 15.6. The van der Waals surface area contributed by atoms with Crippen LogP contribution in [0.5, 0.6) is 0 Å². The third-order valence-electron chi connectivity index (χ3n) is 4.66. The monoisotopic (exact) mass is 304 g/mol. The highest BCUT2D eigenvalue weighted by Crippen LogP contribution is 2.24. The van der Waals surface area contributed by atoms with E-state index in [9.17, 15) is 9.90 Å². The maximum absolute atomic E-state index is 12.4. The van der Waals surface area contributed by atoms with Gasteiger partial charge in [0.25, 0.3) is 5.91 Å². The van der Waals surface area contributed by atoms with Gasteiger partial charge in [0.15, 0.2) is 0 Å². The maximum atomic E-state index is 12.4. The molecule has 0 unspecified atom stereocenters. The first-order valence-corrected chi connectivity index (χ1v) is 7.88. The Morgan fingerprint density at radius 1 is 1.23 bits per heavy atom. The van der Waals surface area contributed by atoms with Crippen LogP contribution in [0, 0.1) is 0 Å². The van der Waals surface area contributed by atoms with Gasteiger partial charge in [0.05, 0.1) is 12.1 Å². The summed E-state index contributed by atoms with van der Waals surface area (Å²) < 4.78 is 0. The number of likely N-dealkylation sites (tertiary alicyclic amines) is 1. The van der Waals surface area contributed by atoms with Crippen LogP contribution in [0.1, 0.15) is 16.8 Å². The van der Waals surface area contributed by atoms with E-state index in [0.29, 0.717) is 31.6 Å². The van der Waals surface area contributed by atoms with Crippen molar-refractivity contribution in [3.8, 4) is 0 Å². The van der Waals surface area contributed by atoms with Crippen molar-refractivity contribution in [2.45, 2.75) is 12.0 Å². The molecule has 6 heteroatoms. The first kappa shape index (κ1) is 15.4. The van der Waals surface area contributed by atoms with Gasteiger partial charge in [-0.1, -0.05) is 0 Å². The van der Waals surface area contributed by atoms with Gasteiger partial charge in [0.2, 0.25) is 0 Å². The van der Waals surface area contributed by atoms with Gasteiger partial charge in [0.1, 0.15) is 0 Å². The lowest BCUT2D eigenvalue weighted by atomic mass is 10.0. The summed E-state index contributed by atoms with van der Waals surface area (Å²) in [6.07, 6.45) is 3.90. The molecular weight excluding hydrogens is 280 g/mol. The summed E-state index contributed by atoms with van der Waals surface area (Å²) in [7, 11) is 2.12. The molecule has 0 radical (unpaired) electrons. The Morgan fingerprint density at radius 2 is 1.91 bits per heavy atom. The van der Waals surface area contributed by atoms with Gasteiger partial charge >= 0.3 is 0 Å². The van der Waals surface area contributed by atoms with Gasteiger partial charge in [-0.3, -0.25) is 14.7 Å². The molecule has 2 aliphatic heterocycles. The standard InChI is InChI=1S/C16H24N4O2/c1-18-8-10-19(11-9-18)12-16(22)4-7-20(13-16)15(21)14-2-5-17-6-3-14/h2-3,5-6,22H,4,7-13H2,1H3/t16-/m0/s1. The van der Waals surface area contributed by atoms with E-state index in [2.05, 4.69) is 21.8 Å². The first-order valence-electron chi connectivity index (χ1n) is 7.88. The van der Waals surface area contributed by atoms with Crippen LogP contribution in [-0.4, -0.2) is 89.2 Å². The smallest absolute Gasteiger partial charge is 0.254 e. The number of carbonyl (C=O) groups is 1. The van der Waals surface area contributed by atoms with Crippen molar-refractivity contribution >= 4 is 5.91 Å². The Bertz CT molecular complexity index is 516. The van der Waals surface area contributed by atoms with Crippen molar-refractivity contribution in [2.75, 3.05) is 52.9 Å². The number of β-amino-alcohol motifs (C(OH)–C–C–N with tert-alkyl or cyclic N) is 1. The lowest BCUT2D eigenvalue weighted by Crippen LogP contribution is -2.52. The zero-order valence-corrected chi connectivity index (χ0v) is 13.1. The minimum absolute atomic E-state index is 0.0169. The Morgan fingerprint density at radius 3 is 2.59 bits per heavy atom. The molecule has 0 bridgehead atoms. The second-order valence-electron chi connectivity index (χ2n) is 6.52. The maximum Gasteiger partial charge on any atom is 0.254 e. The molecule has 2 saturated heterocycles. The highest BCUT2D eigenvalue weighted by Gasteiger charge is 2.39. The molecule has 1 amide bonds. The summed E-state index contributed by atoms with van der Waals surface area (Å²) in [6.45, 7) is 5.73. The van der Waals surface area contributed by atoms with E-state index >= 15 is 0 Å². The second-order valence-corrected chi connectivity index (χ2v) is 6.52. The lowest BCUT2D eigenvalue weighted by molar-refractivity contribution is 0.000525. The molecule has 2 fully saturated rings. The van der Waals surface area contributed by atoms with E-state index in [4.69, 9.17) is 0 Å². The molecule has 3 rings (SSSR count). The molecule has 0 spiro atoms. The molecule has 0 aromatic carbocycles. The van der Waals surface area contributed by atoms with Crippen LogP contribution >= 0.6 is 0 Å². The van der Waals surface area contributed by atoms with Gasteiger partial charge in [0, 0.05) is 57.2 Å². The number of aromatic nitrogens is 1. The number of piperazine rings is 1. The third-order valence-corrected chi connectivity index (χ3v) is 4.66. The molecule has 22 heavy (non-hydrogen) atoms. The van der Waals surface area contributed by atoms with E-state index in [1.807, 2.05) is 0 Å². The van der Waals surface area contributed by atoms with Crippen molar-refractivity contribution in [3.05, 3.63) is 30.1 Å². The molecule has 6 nitrogen and oxygen atoms in total. The van der Waals surface area contributed by atoms with Gasteiger partial charge in [-0.25, -0.2) is 0 Å². The summed E-state index contributed by atoms with van der Waals surface area (Å²) in [6, 6.07) is 3.44. The molecule has 120 valence electrons. The van der Waals surface area contributed by atoms with Crippen molar-refractivity contribution in [2.24, 2.45) is 0 Å². The number of nitrogens with zero attached hydrogens (tertiary/aromatic N) is 4. The van der Waals surface area contributed by atoms with Crippen LogP contribution in [0.25, 0.3) is 0 Å². The third kappa shape index (κ3) is 3.45. The summed E-state index contributed by atoms with van der Waals surface area (Å²) in [4.78, 5) is 22.7. The zero-order valence-electron chi connectivity index (χ0n) is 13.1. The number of amides is 1. The summed E-state index contributed by atoms with van der Waals surface area (Å²) >= 11 is 0. The van der Waals surface area contributed by atoms with Gasteiger partial charge in [-0.05, 0) is 25.6 Å². The number of likely N-dealkylation sites (N-methyl/N-ethyl adjacent to an activating group) is 1. The van der Waals surface area contributed by atoms with E-state index in [1.165, 1.54) is 0 Å². The first-order chi connectivity index (χ1) is 10.6. The number of rotatable bonds is 3. The molecule has 0 saturated carbocycles. The fourth-order valence-electron chi connectivity index (χ4n) is 3.26. The van der Waals surface area contributed by atoms with Crippen LogP contribution < -0.4 is 0 Å². The fourth-order valence-corrected chi connectivity index (χ4v) is 3.26. The predicted octanol–water partition coefficient (Wildman–Crippen LogP) is -0.0940. The van der Waals surface area contributed by atoms with Gasteiger partial charge in [-0.2, -0.15) is 0 Å². The summed E-state index contributed by atoms with van der Waals surface area (Å²) in [5.74, 6) is -0.0169. The van der Waals surface area contributed by atoms with Gasteiger partial charge < -0.3 is 14.9 Å². The Labute approximate surface area is 131 Å². The normalized spacial score (nSPS) is 27.3. The number of pyridine rings is 1. The number of hydrogen-bond donors (Lipinski definition) is 1. The van der Waals surface area contributed by atoms with Crippen LogP contribution in [0.3, 0.4) is 0 Å². The second kappa shape index (κ2) is 6.32. The quantitative estimate of drug-likeness (QED) is 0.845. The van der Waals surface area contributed by atoms with Crippen LogP contribution in [0.15, 0.2) is 24.5 Å². The molecule has 2 aliphatic rings. The Kier molecular flexibility index (Phi) is 4.42. The van der Waals surface area contributed by atoms with E-state index in [-0.39, 0.29) is 5.91 Å². The average Bonchev–Trinajstić information content (AvgIpc) is 2.92. The van der Waals surface area contributed by atoms with Crippen molar-refractivity contribution < 1.29 is 9.90 Å². The van der Waals surface area contributed by atoms with E-state index in [0.717, 1.165) is 26.2 Å². The Balaban J connectivity index is 1.58. The van der Waals surface area contributed by atoms with E-state index < -0.39 is 5.60 Å². The minimum atomic E-state index is -0.779. The molecule has 0 aliphatic carbocycles. The molecular formula is C16H24N4O2. The largest absolute Gasteiger partial charge is 0.387 e. The van der Waals surface area contributed by atoms with Crippen LogP contribution in [0.4, 0.5) is 0 Å². The number of carbonyl (C=O) groups excluding carboxylic acids is 1. The Hall–Kier alpha value is -1.50. The molecule has 1 N–H and O–H groups in total. The summed E-state index contributed by atoms with van der Waals surface area (Å²) in [5.41, 5.74) is -0.141. The molecule has 1 atom stereocenters. The summed E-state index contributed by atoms with van der Waals surface area (Å²) in [5, 5.41) is 10.8. The van der Waals surface area contributed by atoms with Crippen molar-refractivity contribution in [3.63, 3.8) is 0 Å². The number of hydrogen-bond acceptors (Lipinski definition) is 5. The lowest BCUT2D eigenvalue weighted by Gasteiger charge is -2.36. The molecule has 1 aromatic heterocycles.